The van der Waals surface area contributed by atoms with E-state index in [0.717, 1.165) is 18.4 Å². The van der Waals surface area contributed by atoms with Crippen LogP contribution in [0.15, 0.2) is 24.3 Å². The van der Waals surface area contributed by atoms with Gasteiger partial charge < -0.3 is 0 Å². The predicted octanol–water partition coefficient (Wildman–Crippen LogP) is 2.65. The zero-order valence-corrected chi connectivity index (χ0v) is 7.49. The molecule has 0 atom stereocenters. The molecule has 0 amide bonds. The third kappa shape index (κ3) is 1.30. The highest BCUT2D eigenvalue weighted by Crippen LogP contribution is 2.50. The van der Waals surface area contributed by atoms with E-state index in [1.54, 1.807) is 12.1 Å². The molecule has 0 radical (unpaired) electrons. The Kier molecular flexibility index (Phi) is 1.62. The molecule has 0 saturated heterocycles. The highest BCUT2D eigenvalue weighted by molar-refractivity contribution is 5.47. The predicted molar refractivity (Wildman–Crippen MR) is 49.7 cm³/mol. The van der Waals surface area contributed by atoms with Gasteiger partial charge in [-0.25, -0.2) is 0 Å². The molecule has 0 N–H and O–H groups in total. The Hall–Kier alpha value is -1.38. The van der Waals surface area contributed by atoms with Gasteiger partial charge in [0.05, 0.1) is 4.92 Å². The lowest BCUT2D eigenvalue weighted by molar-refractivity contribution is -0.385. The molecule has 0 heterocycles. The number of nitro groups is 1. The summed E-state index contributed by atoms with van der Waals surface area (Å²) in [6.07, 6.45) is 2.13. The lowest BCUT2D eigenvalue weighted by Crippen LogP contribution is -2.04. The summed E-state index contributed by atoms with van der Waals surface area (Å²) in [7, 11) is 0. The van der Waals surface area contributed by atoms with Gasteiger partial charge in [-0.2, -0.15) is 0 Å². The average molecular weight is 177 g/mol. The van der Waals surface area contributed by atoms with E-state index in [4.69, 9.17) is 0 Å². The van der Waals surface area contributed by atoms with Crippen LogP contribution in [0.5, 0.6) is 0 Å². The summed E-state index contributed by atoms with van der Waals surface area (Å²) in [6, 6.07) is 7.03. The summed E-state index contributed by atoms with van der Waals surface area (Å²) in [5.41, 5.74) is 1.23. The minimum absolute atomic E-state index is 0.0731. The minimum Gasteiger partial charge on any atom is -0.258 e. The Morgan fingerprint density at radius 1 is 1.38 bits per heavy atom. The van der Waals surface area contributed by atoms with Gasteiger partial charge in [0.25, 0.3) is 5.69 Å². The highest BCUT2D eigenvalue weighted by Gasteiger charge is 2.43. The van der Waals surface area contributed by atoms with Crippen LogP contribution in [-0.2, 0) is 5.41 Å². The van der Waals surface area contributed by atoms with E-state index in [9.17, 15) is 10.1 Å². The first-order chi connectivity index (χ1) is 6.13. The van der Waals surface area contributed by atoms with E-state index >= 15 is 0 Å². The molecular formula is C10H11NO2. The summed E-state index contributed by atoms with van der Waals surface area (Å²) < 4.78 is 0. The van der Waals surface area contributed by atoms with Crippen molar-refractivity contribution in [3.05, 3.63) is 39.9 Å². The van der Waals surface area contributed by atoms with Crippen LogP contribution >= 0.6 is 0 Å². The quantitative estimate of drug-likeness (QED) is 0.514. The molecule has 0 unspecified atom stereocenters. The maximum Gasteiger partial charge on any atom is 0.273 e. The van der Waals surface area contributed by atoms with Crippen LogP contribution in [0.1, 0.15) is 25.3 Å². The Bertz CT molecular complexity index is 356. The number of hydrogen-bond acceptors (Lipinski definition) is 2. The van der Waals surface area contributed by atoms with Crippen molar-refractivity contribution in [2.45, 2.75) is 25.2 Å². The zero-order chi connectivity index (χ0) is 9.47. The highest BCUT2D eigenvalue weighted by atomic mass is 16.6. The molecule has 2 rings (SSSR count). The molecule has 1 aromatic carbocycles. The van der Waals surface area contributed by atoms with Crippen molar-refractivity contribution in [1.82, 2.24) is 0 Å². The maximum atomic E-state index is 10.7. The van der Waals surface area contributed by atoms with Crippen LogP contribution in [-0.4, -0.2) is 4.92 Å². The summed E-state index contributed by atoms with van der Waals surface area (Å²) >= 11 is 0. The van der Waals surface area contributed by atoms with Crippen molar-refractivity contribution in [3.63, 3.8) is 0 Å². The molecule has 3 heteroatoms. The lowest BCUT2D eigenvalue weighted by atomic mass is 9.97. The first-order valence-electron chi connectivity index (χ1n) is 4.37. The third-order valence-corrected chi connectivity index (χ3v) is 2.75. The molecule has 1 aliphatic rings. The molecule has 1 aliphatic carbocycles. The third-order valence-electron chi connectivity index (χ3n) is 2.75. The molecule has 1 fully saturated rings. The smallest absolute Gasteiger partial charge is 0.258 e. The van der Waals surface area contributed by atoms with Crippen LogP contribution in [0.2, 0.25) is 0 Å². The van der Waals surface area contributed by atoms with Crippen LogP contribution in [0.3, 0.4) is 0 Å². The van der Waals surface area contributed by atoms with E-state index in [1.807, 2.05) is 12.1 Å². The molecule has 1 saturated carbocycles. The normalized spacial score (nSPS) is 18.2. The lowest BCUT2D eigenvalue weighted by Gasteiger charge is -2.08. The van der Waals surface area contributed by atoms with Crippen molar-refractivity contribution in [1.29, 1.82) is 0 Å². The largest absolute Gasteiger partial charge is 0.273 e. The number of para-hydroxylation sites is 1. The fraction of sp³-hybridized carbons (Fsp3) is 0.400. The summed E-state index contributed by atoms with van der Waals surface area (Å²) in [6.45, 7) is 2.08. The van der Waals surface area contributed by atoms with Gasteiger partial charge in [-0.3, -0.25) is 10.1 Å². The molecule has 0 aromatic heterocycles. The first kappa shape index (κ1) is 8.23. The topological polar surface area (TPSA) is 43.1 Å². The van der Waals surface area contributed by atoms with Gasteiger partial charge in [-0.05, 0) is 18.3 Å². The van der Waals surface area contributed by atoms with Gasteiger partial charge >= 0.3 is 0 Å². The van der Waals surface area contributed by atoms with E-state index in [1.165, 1.54) is 0 Å². The second-order valence-corrected chi connectivity index (χ2v) is 3.83. The molecular weight excluding hydrogens is 166 g/mol. The number of nitro benzene ring substituents is 1. The van der Waals surface area contributed by atoms with Gasteiger partial charge in [0, 0.05) is 11.6 Å². The van der Waals surface area contributed by atoms with E-state index < -0.39 is 0 Å². The van der Waals surface area contributed by atoms with Crippen molar-refractivity contribution in [2.24, 2.45) is 0 Å². The fourth-order valence-electron chi connectivity index (χ4n) is 1.60. The van der Waals surface area contributed by atoms with Gasteiger partial charge in [0.2, 0.25) is 0 Å². The summed E-state index contributed by atoms with van der Waals surface area (Å²) in [5, 5.41) is 10.7. The van der Waals surface area contributed by atoms with Gasteiger partial charge in [-0.15, -0.1) is 0 Å². The first-order valence-corrected chi connectivity index (χ1v) is 4.37. The molecule has 13 heavy (non-hydrogen) atoms. The van der Waals surface area contributed by atoms with Gasteiger partial charge in [-0.1, -0.05) is 25.1 Å². The maximum absolute atomic E-state index is 10.7. The molecule has 0 spiro atoms. The Labute approximate surface area is 76.5 Å². The number of nitrogens with zero attached hydrogens (tertiary/aromatic N) is 1. The van der Waals surface area contributed by atoms with E-state index in [-0.39, 0.29) is 16.0 Å². The van der Waals surface area contributed by atoms with E-state index in [0.29, 0.717) is 0 Å². The van der Waals surface area contributed by atoms with Crippen LogP contribution in [0, 0.1) is 10.1 Å². The SMILES string of the molecule is CC1(c2ccccc2[N+](=O)[O-])CC1. The average Bonchev–Trinajstić information content (AvgIpc) is 2.85. The fourth-order valence-corrected chi connectivity index (χ4v) is 1.60. The molecule has 0 bridgehead atoms. The van der Waals surface area contributed by atoms with Crippen LogP contribution < -0.4 is 0 Å². The number of rotatable bonds is 2. The Balaban J connectivity index is 2.50. The van der Waals surface area contributed by atoms with Gasteiger partial charge in [0.15, 0.2) is 0 Å². The second-order valence-electron chi connectivity index (χ2n) is 3.83. The van der Waals surface area contributed by atoms with Crippen molar-refractivity contribution in [3.8, 4) is 0 Å². The Morgan fingerprint density at radius 3 is 2.54 bits per heavy atom. The molecule has 1 aromatic rings. The van der Waals surface area contributed by atoms with Crippen molar-refractivity contribution in [2.75, 3.05) is 0 Å². The Morgan fingerprint density at radius 2 is 2.00 bits per heavy atom. The molecule has 68 valence electrons. The van der Waals surface area contributed by atoms with Crippen LogP contribution in [0.25, 0.3) is 0 Å². The van der Waals surface area contributed by atoms with E-state index in [2.05, 4.69) is 6.92 Å². The second kappa shape index (κ2) is 2.55. The molecule has 3 nitrogen and oxygen atoms in total. The zero-order valence-electron chi connectivity index (χ0n) is 7.49. The van der Waals surface area contributed by atoms with Crippen molar-refractivity contribution < 1.29 is 4.92 Å². The number of benzene rings is 1. The van der Waals surface area contributed by atoms with Crippen molar-refractivity contribution >= 4 is 5.69 Å². The van der Waals surface area contributed by atoms with Crippen LogP contribution in [0.4, 0.5) is 5.69 Å². The molecule has 0 aliphatic heterocycles. The summed E-state index contributed by atoms with van der Waals surface area (Å²) in [5.74, 6) is 0. The standard InChI is InChI=1S/C10H11NO2/c1-10(6-7-10)8-4-2-3-5-9(8)11(12)13/h2-5H,6-7H2,1H3. The monoisotopic (exact) mass is 177 g/mol. The van der Waals surface area contributed by atoms with Gasteiger partial charge in [0.1, 0.15) is 0 Å². The number of hydrogen-bond donors (Lipinski definition) is 0. The minimum atomic E-state index is -0.293. The summed E-state index contributed by atoms with van der Waals surface area (Å²) in [4.78, 5) is 10.4.